The molecule has 0 radical (unpaired) electrons. The van der Waals surface area contributed by atoms with Crippen molar-refractivity contribution in [2.75, 3.05) is 5.73 Å². The number of fused-ring (bicyclic) bond motifs is 1. The van der Waals surface area contributed by atoms with Crippen LogP contribution in [0.5, 0.6) is 0 Å². The number of carboxylic acids is 1. The molecule has 0 amide bonds. The normalized spacial score (nSPS) is 11.6. The van der Waals surface area contributed by atoms with Crippen LogP contribution in [0.2, 0.25) is 5.02 Å². The van der Waals surface area contributed by atoms with Gasteiger partial charge in [0.2, 0.25) is 0 Å². The maximum absolute atomic E-state index is 13.3. The Hall–Kier alpha value is -3.11. The fourth-order valence-corrected chi connectivity index (χ4v) is 4.81. The molecule has 11 heteroatoms. The summed E-state index contributed by atoms with van der Waals surface area (Å²) in [6.45, 7) is 0. The fraction of sp³-hybridized carbons (Fsp3) is 0.167. The number of nitro benzene ring substituents is 1. The van der Waals surface area contributed by atoms with Gasteiger partial charge in [-0.25, -0.2) is 12.4 Å². The number of carboxylic acid groups (broad SMARTS) is 1. The van der Waals surface area contributed by atoms with Crippen LogP contribution in [0.15, 0.2) is 47.4 Å². The number of aromatic nitrogens is 1. The first-order chi connectivity index (χ1) is 13.6. The Morgan fingerprint density at radius 1 is 1.21 bits per heavy atom. The van der Waals surface area contributed by atoms with Crippen LogP contribution in [0, 0.1) is 10.1 Å². The van der Waals surface area contributed by atoms with E-state index in [9.17, 15) is 23.3 Å². The molecule has 0 aliphatic carbocycles. The van der Waals surface area contributed by atoms with Crippen molar-refractivity contribution in [3.63, 3.8) is 0 Å². The first kappa shape index (κ1) is 20.6. The average molecular weight is 438 g/mol. The maximum Gasteiger partial charge on any atom is 0.303 e. The van der Waals surface area contributed by atoms with Crippen molar-refractivity contribution < 1.29 is 23.2 Å². The predicted molar refractivity (Wildman–Crippen MR) is 108 cm³/mol. The van der Waals surface area contributed by atoms with Gasteiger partial charge in [-0.2, -0.15) is 0 Å². The Bertz CT molecular complexity index is 1240. The second-order valence-electron chi connectivity index (χ2n) is 6.33. The van der Waals surface area contributed by atoms with Crippen LogP contribution in [-0.4, -0.2) is 28.4 Å². The number of halogens is 1. The number of aliphatic carboxylic acids is 1. The number of rotatable bonds is 7. The molecule has 0 atom stereocenters. The van der Waals surface area contributed by atoms with Crippen molar-refractivity contribution >= 4 is 49.9 Å². The summed E-state index contributed by atoms with van der Waals surface area (Å²) in [6.07, 6.45) is 0.265. The van der Waals surface area contributed by atoms with Gasteiger partial charge in [0.15, 0.2) is 0 Å². The lowest BCUT2D eigenvalue weighted by atomic mass is 10.2. The zero-order chi connectivity index (χ0) is 21.3. The summed E-state index contributed by atoms with van der Waals surface area (Å²) in [5.74, 6) is -0.993. The molecule has 1 aromatic heterocycles. The predicted octanol–water partition coefficient (Wildman–Crippen LogP) is 3.43. The molecule has 9 nitrogen and oxygen atoms in total. The van der Waals surface area contributed by atoms with Crippen molar-refractivity contribution in [3.8, 4) is 0 Å². The molecule has 152 valence electrons. The van der Waals surface area contributed by atoms with E-state index < -0.39 is 26.6 Å². The Morgan fingerprint density at radius 2 is 1.93 bits per heavy atom. The quantitative estimate of drug-likeness (QED) is 0.327. The highest BCUT2D eigenvalue weighted by molar-refractivity contribution is 7.90. The van der Waals surface area contributed by atoms with Crippen molar-refractivity contribution in [2.24, 2.45) is 0 Å². The SMILES string of the molecule is Nc1ccc(S(=O)(=O)n2c(CCCC(=O)O)cc3cc(Cl)ccc32)cc1[N+](=O)[O-]. The van der Waals surface area contributed by atoms with E-state index in [4.69, 9.17) is 22.4 Å². The molecule has 0 unspecified atom stereocenters. The minimum atomic E-state index is -4.22. The number of carbonyl (C=O) groups is 1. The maximum atomic E-state index is 13.3. The van der Waals surface area contributed by atoms with Gasteiger partial charge in [0.25, 0.3) is 15.7 Å². The number of hydrogen-bond donors (Lipinski definition) is 2. The largest absolute Gasteiger partial charge is 0.481 e. The van der Waals surface area contributed by atoms with E-state index in [1.165, 1.54) is 18.2 Å². The molecule has 0 saturated heterocycles. The van der Waals surface area contributed by atoms with E-state index >= 15 is 0 Å². The zero-order valence-corrected chi connectivity index (χ0v) is 16.5. The second-order valence-corrected chi connectivity index (χ2v) is 8.56. The summed E-state index contributed by atoms with van der Waals surface area (Å²) in [7, 11) is -4.22. The average Bonchev–Trinajstić information content (AvgIpc) is 2.99. The topological polar surface area (TPSA) is 146 Å². The lowest BCUT2D eigenvalue weighted by molar-refractivity contribution is -0.384. The van der Waals surface area contributed by atoms with E-state index in [-0.39, 0.29) is 29.8 Å². The van der Waals surface area contributed by atoms with Crippen molar-refractivity contribution in [2.45, 2.75) is 24.2 Å². The van der Waals surface area contributed by atoms with Gasteiger partial charge in [0, 0.05) is 28.6 Å². The van der Waals surface area contributed by atoms with Crippen LogP contribution in [0.25, 0.3) is 10.9 Å². The number of nitro groups is 1. The van der Waals surface area contributed by atoms with Crippen molar-refractivity contribution in [1.29, 1.82) is 0 Å². The van der Waals surface area contributed by atoms with Crippen molar-refractivity contribution in [3.05, 3.63) is 63.3 Å². The number of aryl methyl sites for hydroxylation is 1. The molecule has 3 aromatic rings. The van der Waals surface area contributed by atoms with Crippen LogP contribution in [0.3, 0.4) is 0 Å². The van der Waals surface area contributed by atoms with Crippen LogP contribution < -0.4 is 5.73 Å². The van der Waals surface area contributed by atoms with Gasteiger partial charge >= 0.3 is 5.97 Å². The highest BCUT2D eigenvalue weighted by Crippen LogP contribution is 2.31. The smallest absolute Gasteiger partial charge is 0.303 e. The number of hydrogen-bond acceptors (Lipinski definition) is 6. The minimum absolute atomic E-state index is 0.129. The highest BCUT2D eigenvalue weighted by atomic mass is 35.5. The molecule has 0 bridgehead atoms. The first-order valence-corrected chi connectivity index (χ1v) is 10.2. The fourth-order valence-electron chi connectivity index (χ4n) is 3.04. The Labute approximate surface area is 170 Å². The molecular formula is C18H16ClN3O6S. The molecule has 0 aliphatic rings. The molecule has 0 aliphatic heterocycles. The van der Waals surface area contributed by atoms with Gasteiger partial charge in [0.1, 0.15) is 5.69 Å². The summed E-state index contributed by atoms with van der Waals surface area (Å²) >= 11 is 6.01. The van der Waals surface area contributed by atoms with Gasteiger partial charge < -0.3 is 10.8 Å². The van der Waals surface area contributed by atoms with E-state index in [2.05, 4.69) is 0 Å². The highest BCUT2D eigenvalue weighted by Gasteiger charge is 2.26. The molecule has 0 saturated carbocycles. The zero-order valence-electron chi connectivity index (χ0n) is 14.9. The van der Waals surface area contributed by atoms with Crippen molar-refractivity contribution in [1.82, 2.24) is 3.97 Å². The lowest BCUT2D eigenvalue weighted by Crippen LogP contribution is -2.16. The monoisotopic (exact) mass is 437 g/mol. The van der Waals surface area contributed by atoms with E-state index in [0.29, 0.717) is 21.6 Å². The number of benzene rings is 2. The van der Waals surface area contributed by atoms with Gasteiger partial charge in [-0.1, -0.05) is 11.6 Å². The lowest BCUT2D eigenvalue weighted by Gasteiger charge is -2.12. The first-order valence-electron chi connectivity index (χ1n) is 8.42. The molecule has 0 spiro atoms. The van der Waals surface area contributed by atoms with Gasteiger partial charge in [-0.05, 0) is 49.2 Å². The summed E-state index contributed by atoms with van der Waals surface area (Å²) in [6, 6.07) is 9.54. The van der Waals surface area contributed by atoms with Crippen LogP contribution in [0.4, 0.5) is 11.4 Å². The van der Waals surface area contributed by atoms with E-state index in [1.807, 2.05) is 0 Å². The molecule has 3 rings (SSSR count). The molecule has 1 heterocycles. The van der Waals surface area contributed by atoms with E-state index in [0.717, 1.165) is 16.1 Å². The van der Waals surface area contributed by atoms with Gasteiger partial charge in [-0.15, -0.1) is 0 Å². The number of nitrogens with two attached hydrogens (primary N) is 1. The third kappa shape index (κ3) is 4.03. The second kappa shape index (κ2) is 7.72. The van der Waals surface area contributed by atoms with Gasteiger partial charge in [-0.3, -0.25) is 14.9 Å². The number of nitrogen functional groups attached to an aromatic ring is 1. The number of anilines is 1. The summed E-state index contributed by atoms with van der Waals surface area (Å²) in [4.78, 5) is 20.9. The Morgan fingerprint density at radius 3 is 2.59 bits per heavy atom. The third-order valence-electron chi connectivity index (χ3n) is 4.35. The van der Waals surface area contributed by atoms with E-state index in [1.54, 1.807) is 12.1 Å². The minimum Gasteiger partial charge on any atom is -0.481 e. The standard InChI is InChI=1S/C18H16ClN3O6S/c19-12-4-7-16-11(8-12)9-13(2-1-3-18(23)24)21(16)29(27,28)14-5-6-15(20)17(10-14)22(25)26/h4-10H,1-3,20H2,(H,23,24). The van der Waals surface area contributed by atoms with Crippen LogP contribution >= 0.6 is 11.6 Å². The summed E-state index contributed by atoms with van der Waals surface area (Å²) < 4.78 is 27.8. The molecule has 3 N–H and O–H groups in total. The molecular weight excluding hydrogens is 422 g/mol. The Kier molecular flexibility index (Phi) is 5.49. The molecule has 0 fully saturated rings. The molecule has 29 heavy (non-hydrogen) atoms. The summed E-state index contributed by atoms with van der Waals surface area (Å²) in [5.41, 5.74) is 5.58. The molecule has 2 aromatic carbocycles. The Balaban J connectivity index is 2.19. The third-order valence-corrected chi connectivity index (χ3v) is 6.35. The summed E-state index contributed by atoms with van der Waals surface area (Å²) in [5, 5.41) is 21.0. The van der Waals surface area contributed by atoms with Gasteiger partial charge in [0.05, 0.1) is 15.3 Å². The van der Waals surface area contributed by atoms with Crippen LogP contribution in [-0.2, 0) is 21.2 Å². The van der Waals surface area contributed by atoms with Crippen LogP contribution in [0.1, 0.15) is 18.5 Å². The number of nitrogens with zero attached hydrogens (tertiary/aromatic N) is 2.